The van der Waals surface area contributed by atoms with Crippen molar-refractivity contribution in [3.05, 3.63) is 199 Å². The zero-order valence-corrected chi connectivity index (χ0v) is 31.5. The van der Waals surface area contributed by atoms with Crippen LogP contribution in [0.4, 0.5) is 0 Å². The van der Waals surface area contributed by atoms with E-state index in [1.165, 1.54) is 42.0 Å². The molecular weight excluding hydrogens is 717 g/mol. The van der Waals surface area contributed by atoms with Crippen LogP contribution in [0.25, 0.3) is 80.7 Å². The van der Waals surface area contributed by atoms with Crippen LogP contribution in [0.3, 0.4) is 0 Å². The van der Waals surface area contributed by atoms with Crippen molar-refractivity contribution < 1.29 is 4.42 Å². The molecule has 0 amide bonds. The van der Waals surface area contributed by atoms with Crippen LogP contribution in [0.15, 0.2) is 191 Å². The molecule has 0 fully saturated rings. The van der Waals surface area contributed by atoms with Crippen LogP contribution in [-0.2, 0) is 0 Å². The van der Waals surface area contributed by atoms with Gasteiger partial charge in [-0.2, -0.15) is 0 Å². The third-order valence-corrected chi connectivity index (χ3v) is 12.7. The summed E-state index contributed by atoms with van der Waals surface area (Å²) >= 11 is 1.83. The molecule has 2 unspecified atom stereocenters. The maximum atomic E-state index is 6.91. The number of aliphatic imine (C=N–C) groups is 1. The standard InChI is InChI=1S/C51H34N4OS/c1-3-14-31(15-4-1)49-52-50(32-16-5-2-6-17-32)54-51(53-49)41-24-13-27-45-46(41)40-23-12-22-39(48(40)57-45)38-21-11-20-37-36-29-28-33(30-44(36)56-47(37)38)55-42-25-9-7-18-34(42)35-19-8-10-26-43(35)55/h1-30,49-50,52H,(H,53,54). The molecule has 0 aliphatic carbocycles. The summed E-state index contributed by atoms with van der Waals surface area (Å²) in [5, 5.41) is 14.6. The zero-order chi connectivity index (χ0) is 37.5. The number of hydrogen-bond acceptors (Lipinski definition) is 5. The molecule has 0 bridgehead atoms. The average molecular weight is 751 g/mol. The van der Waals surface area contributed by atoms with Gasteiger partial charge >= 0.3 is 0 Å². The van der Waals surface area contributed by atoms with Crippen molar-refractivity contribution in [2.24, 2.45) is 4.99 Å². The fourth-order valence-corrected chi connectivity index (χ4v) is 10.2. The third kappa shape index (κ3) is 5.08. The minimum absolute atomic E-state index is 0.110. The quantitative estimate of drug-likeness (QED) is 0.184. The highest BCUT2D eigenvalue weighted by molar-refractivity contribution is 7.26. The van der Waals surface area contributed by atoms with E-state index in [1.54, 1.807) is 0 Å². The summed E-state index contributed by atoms with van der Waals surface area (Å²) in [7, 11) is 0. The van der Waals surface area contributed by atoms with Gasteiger partial charge in [0, 0.05) is 70.2 Å². The predicted molar refractivity (Wildman–Crippen MR) is 238 cm³/mol. The van der Waals surface area contributed by atoms with Crippen LogP contribution in [0, 0.1) is 0 Å². The number of amidine groups is 1. The van der Waals surface area contributed by atoms with E-state index in [1.807, 2.05) is 11.3 Å². The molecule has 3 aromatic heterocycles. The van der Waals surface area contributed by atoms with Crippen molar-refractivity contribution in [2.75, 3.05) is 0 Å². The predicted octanol–water partition coefficient (Wildman–Crippen LogP) is 13.1. The smallest absolute Gasteiger partial charge is 0.143 e. The fraction of sp³-hybridized carbons (Fsp3) is 0.0392. The lowest BCUT2D eigenvalue weighted by Gasteiger charge is -2.32. The highest BCUT2D eigenvalue weighted by Crippen LogP contribution is 2.45. The van der Waals surface area contributed by atoms with Gasteiger partial charge in [-0.25, -0.2) is 4.99 Å². The van der Waals surface area contributed by atoms with Crippen LogP contribution in [0.1, 0.15) is 29.0 Å². The first kappa shape index (κ1) is 32.3. The molecule has 2 N–H and O–H groups in total. The van der Waals surface area contributed by atoms with Gasteiger partial charge in [-0.1, -0.05) is 146 Å². The monoisotopic (exact) mass is 750 g/mol. The number of nitrogens with zero attached hydrogens (tertiary/aromatic N) is 2. The van der Waals surface area contributed by atoms with Crippen molar-refractivity contribution in [1.82, 2.24) is 15.2 Å². The van der Waals surface area contributed by atoms with Gasteiger partial charge in [-0.15, -0.1) is 11.3 Å². The first-order chi connectivity index (χ1) is 28.3. The number of para-hydroxylation sites is 3. The second-order valence-electron chi connectivity index (χ2n) is 14.7. The van der Waals surface area contributed by atoms with Crippen molar-refractivity contribution in [2.45, 2.75) is 12.3 Å². The second kappa shape index (κ2) is 12.8. The molecule has 0 radical (unpaired) electrons. The van der Waals surface area contributed by atoms with Gasteiger partial charge in [0.15, 0.2) is 0 Å². The Morgan fingerprint density at radius 2 is 1.16 bits per heavy atom. The molecule has 0 saturated carbocycles. The van der Waals surface area contributed by atoms with Gasteiger partial charge in [-0.05, 0) is 41.5 Å². The number of fused-ring (bicyclic) bond motifs is 9. The molecule has 1 aliphatic heterocycles. The molecule has 57 heavy (non-hydrogen) atoms. The summed E-state index contributed by atoms with van der Waals surface area (Å²) < 4.78 is 11.7. The summed E-state index contributed by atoms with van der Waals surface area (Å²) in [4.78, 5) is 5.32. The van der Waals surface area contributed by atoms with E-state index >= 15 is 0 Å². The summed E-state index contributed by atoms with van der Waals surface area (Å²) in [6, 6.07) is 64.7. The molecule has 8 aromatic carbocycles. The van der Waals surface area contributed by atoms with E-state index < -0.39 is 0 Å². The van der Waals surface area contributed by atoms with E-state index in [4.69, 9.17) is 9.41 Å². The zero-order valence-electron chi connectivity index (χ0n) is 30.7. The van der Waals surface area contributed by atoms with Crippen molar-refractivity contribution in [1.29, 1.82) is 0 Å². The first-order valence-electron chi connectivity index (χ1n) is 19.4. The lowest BCUT2D eigenvalue weighted by Crippen LogP contribution is -2.45. The Bertz CT molecular complexity index is 3320. The SMILES string of the molecule is c1ccc(C2N=C(c3cccc4sc5c(-c6cccc7c6oc6cc(-n8c9ccccc9c9ccccc98)ccc67)cccc5c34)NC(c3ccccc3)N2)cc1. The van der Waals surface area contributed by atoms with E-state index in [0.29, 0.717) is 0 Å². The molecule has 0 saturated heterocycles. The van der Waals surface area contributed by atoms with Crippen LogP contribution < -0.4 is 10.6 Å². The Kier molecular flexibility index (Phi) is 7.24. The van der Waals surface area contributed by atoms with Crippen LogP contribution in [-0.4, -0.2) is 10.4 Å². The van der Waals surface area contributed by atoms with E-state index in [9.17, 15) is 0 Å². The van der Waals surface area contributed by atoms with Gasteiger partial charge < -0.3 is 14.3 Å². The first-order valence-corrected chi connectivity index (χ1v) is 20.2. The van der Waals surface area contributed by atoms with Crippen LogP contribution in [0.2, 0.25) is 0 Å². The van der Waals surface area contributed by atoms with E-state index in [2.05, 4.69) is 197 Å². The molecular formula is C51H34N4OS. The Morgan fingerprint density at radius 1 is 0.526 bits per heavy atom. The molecule has 5 nitrogen and oxygen atoms in total. The Morgan fingerprint density at radius 3 is 1.93 bits per heavy atom. The Labute approximate surface area is 332 Å². The van der Waals surface area contributed by atoms with Crippen LogP contribution >= 0.6 is 11.3 Å². The van der Waals surface area contributed by atoms with Gasteiger partial charge in [0.2, 0.25) is 0 Å². The number of thiophene rings is 1. The fourth-order valence-electron chi connectivity index (χ4n) is 8.91. The Balaban J connectivity index is 1.01. The molecule has 1 aliphatic rings. The number of aromatic nitrogens is 1. The van der Waals surface area contributed by atoms with Crippen LogP contribution in [0.5, 0.6) is 0 Å². The lowest BCUT2D eigenvalue weighted by atomic mass is 9.98. The summed E-state index contributed by atoms with van der Waals surface area (Å²) in [5.74, 6) is 0.880. The number of rotatable bonds is 5. The van der Waals surface area contributed by atoms with E-state index in [0.717, 1.165) is 61.3 Å². The summed E-state index contributed by atoms with van der Waals surface area (Å²) in [6.07, 6.45) is -0.315. The van der Waals surface area contributed by atoms with E-state index in [-0.39, 0.29) is 12.3 Å². The molecule has 2 atom stereocenters. The number of hydrogen-bond donors (Lipinski definition) is 2. The lowest BCUT2D eigenvalue weighted by molar-refractivity contribution is 0.409. The summed E-state index contributed by atoms with van der Waals surface area (Å²) in [6.45, 7) is 0. The van der Waals surface area contributed by atoms with Crippen molar-refractivity contribution in [3.8, 4) is 16.8 Å². The minimum Gasteiger partial charge on any atom is -0.455 e. The highest BCUT2D eigenvalue weighted by atomic mass is 32.1. The van der Waals surface area contributed by atoms with Gasteiger partial charge in [0.25, 0.3) is 0 Å². The maximum Gasteiger partial charge on any atom is 0.143 e. The normalized spacial score (nSPS) is 15.9. The van der Waals surface area contributed by atoms with Gasteiger partial charge in [-0.3, -0.25) is 5.32 Å². The largest absolute Gasteiger partial charge is 0.455 e. The third-order valence-electron chi connectivity index (χ3n) is 11.5. The van der Waals surface area contributed by atoms with Crippen molar-refractivity contribution >= 4 is 81.1 Å². The maximum absolute atomic E-state index is 6.91. The highest BCUT2D eigenvalue weighted by Gasteiger charge is 2.27. The minimum atomic E-state index is -0.204. The molecule has 12 rings (SSSR count). The van der Waals surface area contributed by atoms with Gasteiger partial charge in [0.05, 0.1) is 11.0 Å². The number of benzene rings is 8. The molecule has 270 valence electrons. The second-order valence-corrected chi connectivity index (χ2v) is 15.8. The molecule has 11 aromatic rings. The van der Waals surface area contributed by atoms with Gasteiger partial charge in [0.1, 0.15) is 29.3 Å². The Hall–Kier alpha value is -6.99. The van der Waals surface area contributed by atoms with Crippen molar-refractivity contribution in [3.63, 3.8) is 0 Å². The average Bonchev–Trinajstić information content (AvgIpc) is 3.96. The number of nitrogens with one attached hydrogen (secondary N) is 2. The summed E-state index contributed by atoms with van der Waals surface area (Å²) in [5.41, 5.74) is 10.9. The topological polar surface area (TPSA) is 54.5 Å². The molecule has 6 heteroatoms. The molecule has 4 heterocycles. The molecule has 0 spiro atoms. The number of furan rings is 1.